The lowest BCUT2D eigenvalue weighted by atomic mass is 10.2. The SMILES string of the molecule is CC(C)N(CC1CCCN1)C(=O)c1ccc([N+](=O)[O-])s1. The van der Waals surface area contributed by atoms with E-state index in [4.69, 9.17) is 0 Å². The van der Waals surface area contributed by atoms with Crippen molar-refractivity contribution in [2.24, 2.45) is 0 Å². The quantitative estimate of drug-likeness (QED) is 0.668. The summed E-state index contributed by atoms with van der Waals surface area (Å²) in [5.74, 6) is -0.119. The van der Waals surface area contributed by atoms with Gasteiger partial charge in [0.05, 0.1) is 9.80 Å². The molecule has 0 aromatic carbocycles. The van der Waals surface area contributed by atoms with Crippen LogP contribution < -0.4 is 5.32 Å². The van der Waals surface area contributed by atoms with Gasteiger partial charge in [-0.25, -0.2) is 0 Å². The lowest BCUT2D eigenvalue weighted by Crippen LogP contribution is -2.44. The Kier molecular flexibility index (Phi) is 4.72. The fourth-order valence-corrected chi connectivity index (χ4v) is 3.14. The van der Waals surface area contributed by atoms with Crippen LogP contribution in [0.1, 0.15) is 36.4 Å². The first-order valence-corrected chi connectivity index (χ1v) is 7.59. The summed E-state index contributed by atoms with van der Waals surface area (Å²) >= 11 is 0.942. The Labute approximate surface area is 121 Å². The normalized spacial score (nSPS) is 18.4. The Morgan fingerprint density at radius 1 is 1.60 bits per heavy atom. The Hall–Kier alpha value is -1.47. The number of hydrogen-bond donors (Lipinski definition) is 1. The van der Waals surface area contributed by atoms with Gasteiger partial charge in [0.25, 0.3) is 5.91 Å². The number of rotatable bonds is 5. The summed E-state index contributed by atoms with van der Waals surface area (Å²) in [6.45, 7) is 5.58. The number of nitrogens with zero attached hydrogens (tertiary/aromatic N) is 2. The topological polar surface area (TPSA) is 75.5 Å². The molecule has 2 rings (SSSR count). The van der Waals surface area contributed by atoms with Gasteiger partial charge in [0.2, 0.25) is 0 Å². The van der Waals surface area contributed by atoms with Gasteiger partial charge in [-0.3, -0.25) is 14.9 Å². The van der Waals surface area contributed by atoms with Crippen LogP contribution in [-0.4, -0.2) is 40.9 Å². The van der Waals surface area contributed by atoms with Crippen molar-refractivity contribution in [1.82, 2.24) is 10.2 Å². The molecule has 110 valence electrons. The molecule has 1 aliphatic heterocycles. The number of amides is 1. The first-order chi connectivity index (χ1) is 9.49. The van der Waals surface area contributed by atoms with Crippen LogP contribution in [0, 0.1) is 10.1 Å². The van der Waals surface area contributed by atoms with Crippen LogP contribution in [0.3, 0.4) is 0 Å². The highest BCUT2D eigenvalue weighted by Gasteiger charge is 2.26. The van der Waals surface area contributed by atoms with Gasteiger partial charge < -0.3 is 10.2 Å². The molecule has 2 heterocycles. The number of hydrogen-bond acceptors (Lipinski definition) is 5. The van der Waals surface area contributed by atoms with Gasteiger partial charge in [0.15, 0.2) is 0 Å². The number of nitro groups is 1. The molecule has 1 N–H and O–H groups in total. The van der Waals surface area contributed by atoms with Gasteiger partial charge in [-0.05, 0) is 39.3 Å². The zero-order valence-corrected chi connectivity index (χ0v) is 12.5. The van der Waals surface area contributed by atoms with Crippen LogP contribution in [0.25, 0.3) is 0 Å². The molecule has 0 radical (unpaired) electrons. The van der Waals surface area contributed by atoms with Crippen LogP contribution in [-0.2, 0) is 0 Å². The van der Waals surface area contributed by atoms with E-state index in [2.05, 4.69) is 5.32 Å². The molecule has 0 bridgehead atoms. The predicted molar refractivity (Wildman–Crippen MR) is 78.2 cm³/mol. The standard InChI is InChI=1S/C13H19N3O3S/c1-9(2)15(8-10-4-3-7-14-10)13(17)11-5-6-12(20-11)16(18)19/h5-6,9-10,14H,3-4,7-8H2,1-2H3. The maximum atomic E-state index is 12.5. The molecule has 1 amide bonds. The number of thiophene rings is 1. The fraction of sp³-hybridized carbons (Fsp3) is 0.615. The summed E-state index contributed by atoms with van der Waals surface area (Å²) in [6.07, 6.45) is 2.20. The van der Waals surface area contributed by atoms with Gasteiger partial charge in [0, 0.05) is 24.7 Å². The summed E-state index contributed by atoms with van der Waals surface area (Å²) in [5.41, 5.74) is 0. The van der Waals surface area contributed by atoms with E-state index < -0.39 is 4.92 Å². The minimum absolute atomic E-state index is 0.0102. The molecule has 6 nitrogen and oxygen atoms in total. The van der Waals surface area contributed by atoms with E-state index in [0.717, 1.165) is 30.7 Å². The van der Waals surface area contributed by atoms with Crippen LogP contribution in [0.4, 0.5) is 5.00 Å². The van der Waals surface area contributed by atoms with E-state index in [9.17, 15) is 14.9 Å². The summed E-state index contributed by atoms with van der Waals surface area (Å²) < 4.78 is 0. The first kappa shape index (κ1) is 14.9. The third-order valence-electron chi connectivity index (χ3n) is 3.45. The molecule has 1 saturated heterocycles. The maximum Gasteiger partial charge on any atom is 0.324 e. The highest BCUT2D eigenvalue weighted by Crippen LogP contribution is 2.26. The summed E-state index contributed by atoms with van der Waals surface area (Å²) in [5, 5.41) is 14.1. The second kappa shape index (κ2) is 6.32. The van der Waals surface area contributed by atoms with Crippen molar-refractivity contribution in [1.29, 1.82) is 0 Å². The average Bonchev–Trinajstić information content (AvgIpc) is 3.06. The van der Waals surface area contributed by atoms with Crippen molar-refractivity contribution in [3.8, 4) is 0 Å². The Bertz CT molecular complexity index is 495. The number of carbonyl (C=O) groups is 1. The van der Waals surface area contributed by atoms with E-state index in [1.807, 2.05) is 13.8 Å². The second-order valence-electron chi connectivity index (χ2n) is 5.24. The van der Waals surface area contributed by atoms with Crippen LogP contribution in [0.5, 0.6) is 0 Å². The molecule has 0 aliphatic carbocycles. The van der Waals surface area contributed by atoms with Gasteiger partial charge in [-0.15, -0.1) is 0 Å². The molecule has 1 aromatic heterocycles. The smallest absolute Gasteiger partial charge is 0.324 e. The molecule has 1 aliphatic rings. The van der Waals surface area contributed by atoms with Crippen LogP contribution >= 0.6 is 11.3 Å². The largest absolute Gasteiger partial charge is 0.334 e. The third kappa shape index (κ3) is 3.34. The van der Waals surface area contributed by atoms with Gasteiger partial charge in [-0.2, -0.15) is 0 Å². The van der Waals surface area contributed by atoms with Crippen molar-refractivity contribution in [3.05, 3.63) is 27.1 Å². The monoisotopic (exact) mass is 297 g/mol. The summed E-state index contributed by atoms with van der Waals surface area (Å²) in [7, 11) is 0. The Morgan fingerprint density at radius 2 is 2.35 bits per heavy atom. The molecular weight excluding hydrogens is 278 g/mol. The average molecular weight is 297 g/mol. The minimum Gasteiger partial charge on any atom is -0.334 e. The lowest BCUT2D eigenvalue weighted by molar-refractivity contribution is -0.380. The zero-order valence-electron chi connectivity index (χ0n) is 11.7. The number of nitrogens with one attached hydrogen (secondary N) is 1. The maximum absolute atomic E-state index is 12.5. The molecule has 1 atom stereocenters. The highest BCUT2D eigenvalue weighted by atomic mass is 32.1. The molecule has 1 unspecified atom stereocenters. The van der Waals surface area contributed by atoms with Crippen molar-refractivity contribution in [3.63, 3.8) is 0 Å². The highest BCUT2D eigenvalue weighted by molar-refractivity contribution is 7.17. The Balaban J connectivity index is 2.10. The molecule has 0 spiro atoms. The van der Waals surface area contributed by atoms with Crippen molar-refractivity contribution < 1.29 is 9.72 Å². The predicted octanol–water partition coefficient (Wildman–Crippen LogP) is 2.26. The van der Waals surface area contributed by atoms with Crippen LogP contribution in [0.15, 0.2) is 12.1 Å². The lowest BCUT2D eigenvalue weighted by Gasteiger charge is -2.29. The van der Waals surface area contributed by atoms with E-state index in [1.165, 1.54) is 6.07 Å². The van der Waals surface area contributed by atoms with Crippen molar-refractivity contribution >= 4 is 22.2 Å². The van der Waals surface area contributed by atoms with Gasteiger partial charge in [0.1, 0.15) is 0 Å². The molecule has 20 heavy (non-hydrogen) atoms. The molecule has 1 fully saturated rings. The number of carbonyl (C=O) groups excluding carboxylic acids is 1. The van der Waals surface area contributed by atoms with Gasteiger partial charge in [-0.1, -0.05) is 11.3 Å². The first-order valence-electron chi connectivity index (χ1n) is 6.77. The van der Waals surface area contributed by atoms with E-state index in [1.54, 1.807) is 11.0 Å². The fourth-order valence-electron chi connectivity index (χ4n) is 2.36. The molecule has 0 saturated carbocycles. The minimum atomic E-state index is -0.459. The zero-order chi connectivity index (χ0) is 14.7. The van der Waals surface area contributed by atoms with E-state index >= 15 is 0 Å². The molecular formula is C13H19N3O3S. The third-order valence-corrected chi connectivity index (χ3v) is 4.47. The summed E-state index contributed by atoms with van der Waals surface area (Å²) in [4.78, 5) is 25.0. The van der Waals surface area contributed by atoms with E-state index in [0.29, 0.717) is 17.5 Å². The van der Waals surface area contributed by atoms with E-state index in [-0.39, 0.29) is 17.0 Å². The molecule has 7 heteroatoms. The van der Waals surface area contributed by atoms with Gasteiger partial charge >= 0.3 is 5.00 Å². The van der Waals surface area contributed by atoms with Crippen molar-refractivity contribution in [2.45, 2.75) is 38.8 Å². The van der Waals surface area contributed by atoms with Crippen molar-refractivity contribution in [2.75, 3.05) is 13.1 Å². The Morgan fingerprint density at radius 3 is 2.85 bits per heavy atom. The second-order valence-corrected chi connectivity index (χ2v) is 6.30. The van der Waals surface area contributed by atoms with Crippen LogP contribution in [0.2, 0.25) is 0 Å². The molecule has 1 aromatic rings. The summed E-state index contributed by atoms with van der Waals surface area (Å²) in [6, 6.07) is 3.34.